The van der Waals surface area contributed by atoms with Crippen LogP contribution in [0, 0.1) is 11.7 Å². The average Bonchev–Trinajstić information content (AvgIpc) is 2.46. The highest BCUT2D eigenvalue weighted by molar-refractivity contribution is 5.79. The number of allylic oxidation sites excluding steroid dienone is 2. The lowest BCUT2D eigenvalue weighted by atomic mass is 9.87. The maximum Gasteiger partial charge on any atom is 0.328 e. The van der Waals surface area contributed by atoms with Crippen molar-refractivity contribution in [3.05, 3.63) is 42.2 Å². The normalized spacial score (nSPS) is 19.8. The minimum absolute atomic E-state index is 0.136. The Morgan fingerprint density at radius 2 is 2.21 bits per heavy atom. The van der Waals surface area contributed by atoms with Crippen LogP contribution >= 0.6 is 0 Å². The first kappa shape index (κ1) is 13.6. The average molecular weight is 263 g/mol. The van der Waals surface area contributed by atoms with E-state index in [4.69, 9.17) is 4.74 Å². The van der Waals surface area contributed by atoms with Gasteiger partial charge in [0.25, 0.3) is 0 Å². The van der Waals surface area contributed by atoms with Crippen LogP contribution in [0.25, 0.3) is 0 Å². The smallest absolute Gasteiger partial charge is 0.328 e. The van der Waals surface area contributed by atoms with Crippen LogP contribution in [-0.2, 0) is 9.53 Å². The van der Waals surface area contributed by atoms with Crippen LogP contribution in [0.3, 0.4) is 0 Å². The zero-order chi connectivity index (χ0) is 13.7. The maximum atomic E-state index is 13.7. The van der Waals surface area contributed by atoms with Crippen LogP contribution in [-0.4, -0.2) is 19.1 Å². The van der Waals surface area contributed by atoms with Gasteiger partial charge in [0.2, 0.25) is 0 Å². The second kappa shape index (κ2) is 6.36. The highest BCUT2D eigenvalue weighted by atomic mass is 19.1. The Kier molecular flexibility index (Phi) is 4.55. The van der Waals surface area contributed by atoms with E-state index in [1.54, 1.807) is 18.2 Å². The number of ether oxygens (including phenoxy) is 1. The van der Waals surface area contributed by atoms with E-state index in [1.807, 2.05) is 0 Å². The molecule has 3 nitrogen and oxygen atoms in total. The maximum absolute atomic E-state index is 13.7. The number of benzene rings is 1. The third kappa shape index (κ3) is 3.34. The van der Waals surface area contributed by atoms with Crippen molar-refractivity contribution in [1.29, 1.82) is 0 Å². The van der Waals surface area contributed by atoms with Crippen molar-refractivity contribution in [1.82, 2.24) is 0 Å². The van der Waals surface area contributed by atoms with Gasteiger partial charge in [-0.05, 0) is 37.3 Å². The number of halogens is 1. The molecule has 1 N–H and O–H groups in total. The van der Waals surface area contributed by atoms with Gasteiger partial charge in [0.1, 0.15) is 11.9 Å². The summed E-state index contributed by atoms with van der Waals surface area (Å²) in [4.78, 5) is 11.9. The summed E-state index contributed by atoms with van der Waals surface area (Å²) >= 11 is 0. The molecule has 1 aromatic rings. The van der Waals surface area contributed by atoms with Crippen molar-refractivity contribution in [3.8, 4) is 0 Å². The molecule has 0 spiro atoms. The van der Waals surface area contributed by atoms with Crippen LogP contribution in [0.1, 0.15) is 19.3 Å². The van der Waals surface area contributed by atoms with Gasteiger partial charge in [0.15, 0.2) is 0 Å². The monoisotopic (exact) mass is 263 g/mol. The molecule has 0 saturated carbocycles. The summed E-state index contributed by atoms with van der Waals surface area (Å²) in [5.41, 5.74) is 0.340. The first-order valence-corrected chi connectivity index (χ1v) is 6.46. The molecular formula is C15H18FNO2. The molecule has 0 radical (unpaired) electrons. The van der Waals surface area contributed by atoms with Gasteiger partial charge in [-0.1, -0.05) is 24.3 Å². The molecule has 2 atom stereocenters. The highest BCUT2D eigenvalue weighted by Gasteiger charge is 2.29. The molecule has 0 bridgehead atoms. The van der Waals surface area contributed by atoms with E-state index in [2.05, 4.69) is 17.5 Å². The van der Waals surface area contributed by atoms with Crippen molar-refractivity contribution >= 4 is 11.7 Å². The summed E-state index contributed by atoms with van der Waals surface area (Å²) in [6, 6.07) is 5.85. The fourth-order valence-electron chi connectivity index (χ4n) is 2.36. The summed E-state index contributed by atoms with van der Waals surface area (Å²) < 4.78 is 18.5. The number of para-hydroxylation sites is 1. The van der Waals surface area contributed by atoms with Gasteiger partial charge in [-0.2, -0.15) is 0 Å². The van der Waals surface area contributed by atoms with E-state index in [0.29, 0.717) is 5.69 Å². The number of rotatable bonds is 4. The number of nitrogens with one attached hydrogen (secondary N) is 1. The van der Waals surface area contributed by atoms with Crippen LogP contribution in [0.2, 0.25) is 0 Å². The van der Waals surface area contributed by atoms with E-state index in [-0.39, 0.29) is 17.7 Å². The fraction of sp³-hybridized carbons (Fsp3) is 0.400. The van der Waals surface area contributed by atoms with Crippen molar-refractivity contribution in [2.45, 2.75) is 25.3 Å². The molecule has 0 aliphatic heterocycles. The lowest BCUT2D eigenvalue weighted by Crippen LogP contribution is -2.38. The summed E-state index contributed by atoms with van der Waals surface area (Å²) in [5, 5.41) is 2.98. The molecule has 2 rings (SSSR count). The van der Waals surface area contributed by atoms with Gasteiger partial charge in [-0.15, -0.1) is 0 Å². The van der Waals surface area contributed by atoms with Crippen LogP contribution in [0.15, 0.2) is 36.4 Å². The summed E-state index contributed by atoms with van der Waals surface area (Å²) in [5.74, 6) is -0.566. The van der Waals surface area contributed by atoms with Crippen molar-refractivity contribution < 1.29 is 13.9 Å². The van der Waals surface area contributed by atoms with Gasteiger partial charge in [-0.25, -0.2) is 9.18 Å². The van der Waals surface area contributed by atoms with Crippen LogP contribution in [0.5, 0.6) is 0 Å². The van der Waals surface area contributed by atoms with Gasteiger partial charge < -0.3 is 10.1 Å². The molecule has 19 heavy (non-hydrogen) atoms. The van der Waals surface area contributed by atoms with E-state index < -0.39 is 6.04 Å². The van der Waals surface area contributed by atoms with Crippen molar-refractivity contribution in [2.75, 3.05) is 12.4 Å². The minimum atomic E-state index is -0.508. The second-order valence-electron chi connectivity index (χ2n) is 4.67. The lowest BCUT2D eigenvalue weighted by molar-refractivity contribution is -0.142. The van der Waals surface area contributed by atoms with E-state index in [0.717, 1.165) is 19.3 Å². The SMILES string of the molecule is COC(=O)C(Nc1ccccc1F)C1CC=CCC1. The third-order valence-electron chi connectivity index (χ3n) is 3.42. The number of carbonyl (C=O) groups excluding carboxylic acids is 1. The molecule has 102 valence electrons. The van der Waals surface area contributed by atoms with Crippen molar-refractivity contribution in [3.63, 3.8) is 0 Å². The predicted molar refractivity (Wildman–Crippen MR) is 72.3 cm³/mol. The summed E-state index contributed by atoms with van der Waals surface area (Å²) in [6.07, 6.45) is 6.82. The molecule has 0 amide bonds. The van der Waals surface area contributed by atoms with Gasteiger partial charge in [0.05, 0.1) is 12.8 Å². The molecule has 2 unspecified atom stereocenters. The van der Waals surface area contributed by atoms with E-state index in [9.17, 15) is 9.18 Å². The number of methoxy groups -OCH3 is 1. The Hall–Kier alpha value is -1.84. The van der Waals surface area contributed by atoms with Crippen molar-refractivity contribution in [2.24, 2.45) is 5.92 Å². The molecule has 0 heterocycles. The molecule has 1 aromatic carbocycles. The highest BCUT2D eigenvalue weighted by Crippen LogP contribution is 2.26. The number of anilines is 1. The molecule has 0 fully saturated rings. The van der Waals surface area contributed by atoms with E-state index >= 15 is 0 Å². The first-order valence-electron chi connectivity index (χ1n) is 6.46. The third-order valence-corrected chi connectivity index (χ3v) is 3.42. The van der Waals surface area contributed by atoms with Crippen LogP contribution < -0.4 is 5.32 Å². The van der Waals surface area contributed by atoms with Gasteiger partial charge in [0, 0.05) is 0 Å². The Morgan fingerprint density at radius 3 is 2.84 bits per heavy atom. The van der Waals surface area contributed by atoms with E-state index in [1.165, 1.54) is 13.2 Å². The minimum Gasteiger partial charge on any atom is -0.467 e. The zero-order valence-corrected chi connectivity index (χ0v) is 10.9. The molecule has 1 aliphatic carbocycles. The molecule has 0 aromatic heterocycles. The number of hydrogen-bond donors (Lipinski definition) is 1. The molecule has 4 heteroatoms. The molecular weight excluding hydrogens is 245 g/mol. The standard InChI is InChI=1S/C15H18FNO2/c1-19-15(18)14(11-7-3-2-4-8-11)17-13-10-6-5-9-12(13)16/h2-3,5-6,9-11,14,17H,4,7-8H2,1H3. The number of carbonyl (C=O) groups is 1. The Labute approximate surface area is 112 Å². The summed E-state index contributed by atoms with van der Waals surface area (Å²) in [6.45, 7) is 0. The fourth-order valence-corrected chi connectivity index (χ4v) is 2.36. The molecule has 1 aliphatic rings. The number of esters is 1. The second-order valence-corrected chi connectivity index (χ2v) is 4.67. The zero-order valence-electron chi connectivity index (χ0n) is 10.9. The Balaban J connectivity index is 2.16. The molecule has 0 saturated heterocycles. The van der Waals surface area contributed by atoms with Crippen LogP contribution in [0.4, 0.5) is 10.1 Å². The first-order chi connectivity index (χ1) is 9.22. The summed E-state index contributed by atoms with van der Waals surface area (Å²) in [7, 11) is 1.36. The Bertz CT molecular complexity index is 473. The van der Waals surface area contributed by atoms with Gasteiger partial charge >= 0.3 is 5.97 Å². The number of hydrogen-bond acceptors (Lipinski definition) is 3. The van der Waals surface area contributed by atoms with Gasteiger partial charge in [-0.3, -0.25) is 0 Å². The topological polar surface area (TPSA) is 38.3 Å². The lowest BCUT2D eigenvalue weighted by Gasteiger charge is -2.27. The Morgan fingerprint density at radius 1 is 1.42 bits per heavy atom. The quantitative estimate of drug-likeness (QED) is 0.670. The predicted octanol–water partition coefficient (Wildman–Crippen LogP) is 3.14. The largest absolute Gasteiger partial charge is 0.467 e.